The lowest BCUT2D eigenvalue weighted by atomic mass is 9.98. The third kappa shape index (κ3) is 3.16. The van der Waals surface area contributed by atoms with Crippen molar-refractivity contribution >= 4 is 17.0 Å². The minimum Gasteiger partial charge on any atom is -0.496 e. The highest BCUT2D eigenvalue weighted by atomic mass is 16.5. The fourth-order valence-corrected chi connectivity index (χ4v) is 3.79. The van der Waals surface area contributed by atoms with E-state index in [0.717, 1.165) is 22.4 Å². The molecule has 1 N–H and O–H groups in total. The van der Waals surface area contributed by atoms with Crippen LogP contribution >= 0.6 is 0 Å². The number of hydrogen-bond acceptors (Lipinski definition) is 7. The van der Waals surface area contributed by atoms with E-state index in [4.69, 9.17) is 9.47 Å². The maximum atomic E-state index is 12.3. The van der Waals surface area contributed by atoms with Crippen molar-refractivity contribution in [3.63, 3.8) is 0 Å². The fraction of sp³-hybridized carbons (Fsp3) is 0.0870. The number of H-pyrrole nitrogens is 1. The van der Waals surface area contributed by atoms with Crippen LogP contribution < -0.4 is 4.74 Å². The molecule has 0 aliphatic rings. The van der Waals surface area contributed by atoms with Crippen LogP contribution in [0.5, 0.6) is 5.75 Å². The van der Waals surface area contributed by atoms with Gasteiger partial charge >= 0.3 is 5.97 Å². The molecule has 0 spiro atoms. The molecule has 0 fully saturated rings. The molecule has 0 saturated heterocycles. The van der Waals surface area contributed by atoms with E-state index >= 15 is 0 Å². The van der Waals surface area contributed by atoms with Gasteiger partial charge in [-0.1, -0.05) is 30.3 Å². The monoisotopic (exact) mass is 426 g/mol. The van der Waals surface area contributed by atoms with Gasteiger partial charge in [0.05, 0.1) is 36.5 Å². The van der Waals surface area contributed by atoms with Gasteiger partial charge in [0.25, 0.3) is 0 Å². The van der Waals surface area contributed by atoms with E-state index in [1.807, 2.05) is 53.1 Å². The number of aromatic amines is 1. The van der Waals surface area contributed by atoms with E-state index in [-0.39, 0.29) is 0 Å². The number of imidazole rings is 1. The molecule has 2 heterocycles. The first-order valence-corrected chi connectivity index (χ1v) is 9.77. The maximum Gasteiger partial charge on any atom is 0.340 e. The van der Waals surface area contributed by atoms with Crippen molar-refractivity contribution in [1.29, 1.82) is 0 Å². The van der Waals surface area contributed by atoms with Crippen LogP contribution in [-0.4, -0.2) is 50.4 Å². The summed E-state index contributed by atoms with van der Waals surface area (Å²) >= 11 is 0. The van der Waals surface area contributed by atoms with Crippen LogP contribution in [0.15, 0.2) is 67.0 Å². The van der Waals surface area contributed by atoms with Gasteiger partial charge in [0, 0.05) is 17.2 Å². The molecule has 0 atom stereocenters. The minimum absolute atomic E-state index is 0.421. The first-order chi connectivity index (χ1) is 15.7. The number of methoxy groups -OCH3 is 2. The number of carbonyl (C=O) groups is 1. The Balaban J connectivity index is 1.67. The topological polar surface area (TPSA) is 108 Å². The summed E-state index contributed by atoms with van der Waals surface area (Å²) in [6.45, 7) is 0. The third-order valence-electron chi connectivity index (χ3n) is 5.25. The van der Waals surface area contributed by atoms with Crippen LogP contribution in [0, 0.1) is 0 Å². The zero-order valence-corrected chi connectivity index (χ0v) is 17.3. The predicted octanol–water partition coefficient (Wildman–Crippen LogP) is 3.67. The number of tetrazole rings is 1. The highest BCUT2D eigenvalue weighted by molar-refractivity contribution is 6.02. The molecule has 0 radical (unpaired) electrons. The SMILES string of the molecule is COC(=O)c1cccc2ncn(-c3ccc(-c4ccccc4-c4nnn[nH]4)c(OC)c3)c12. The van der Waals surface area contributed by atoms with E-state index in [2.05, 4.69) is 25.6 Å². The number of esters is 1. The van der Waals surface area contributed by atoms with Crippen LogP contribution in [-0.2, 0) is 4.74 Å². The van der Waals surface area contributed by atoms with Crippen LogP contribution in [0.4, 0.5) is 0 Å². The van der Waals surface area contributed by atoms with Gasteiger partial charge in [-0.25, -0.2) is 14.9 Å². The van der Waals surface area contributed by atoms with E-state index in [1.165, 1.54) is 7.11 Å². The average molecular weight is 426 g/mol. The number of benzene rings is 3. The second kappa shape index (κ2) is 7.95. The molecule has 158 valence electrons. The number of ether oxygens (including phenoxy) is 2. The number of nitrogens with zero attached hydrogens (tertiary/aromatic N) is 5. The molecule has 5 aromatic rings. The molecular weight excluding hydrogens is 408 g/mol. The summed E-state index contributed by atoms with van der Waals surface area (Å²) in [6, 6.07) is 19.0. The molecule has 32 heavy (non-hydrogen) atoms. The zero-order valence-electron chi connectivity index (χ0n) is 17.3. The van der Waals surface area contributed by atoms with Crippen molar-refractivity contribution in [2.75, 3.05) is 14.2 Å². The number of aromatic nitrogens is 6. The van der Waals surface area contributed by atoms with Crippen molar-refractivity contribution in [3.05, 3.63) is 72.6 Å². The standard InChI is InChI=1S/C23H18N6O3/c1-31-20-12-14(29-13-24-19-9-5-8-18(21(19)29)23(30)32-2)10-11-16(20)15-6-3-4-7-17(15)22-25-27-28-26-22/h3-13H,1-2H3,(H,25,26,27,28). The summed E-state index contributed by atoms with van der Waals surface area (Å²) < 4.78 is 12.5. The highest BCUT2D eigenvalue weighted by Gasteiger charge is 2.18. The minimum atomic E-state index is -0.421. The number of rotatable bonds is 5. The largest absolute Gasteiger partial charge is 0.496 e. The molecule has 0 aliphatic carbocycles. The number of nitrogens with one attached hydrogen (secondary N) is 1. The first kappa shape index (κ1) is 19.4. The van der Waals surface area contributed by atoms with Crippen molar-refractivity contribution in [1.82, 2.24) is 30.2 Å². The number of carbonyl (C=O) groups excluding carboxylic acids is 1. The van der Waals surface area contributed by atoms with Gasteiger partial charge in [0.15, 0.2) is 5.82 Å². The molecule has 0 unspecified atom stereocenters. The second-order valence-corrected chi connectivity index (χ2v) is 6.96. The second-order valence-electron chi connectivity index (χ2n) is 6.96. The van der Waals surface area contributed by atoms with Gasteiger partial charge in [-0.2, -0.15) is 0 Å². The van der Waals surface area contributed by atoms with Gasteiger partial charge in [-0.05, 0) is 40.3 Å². The Bertz CT molecular complexity index is 1430. The van der Waals surface area contributed by atoms with Crippen LogP contribution in [0.25, 0.3) is 39.2 Å². The smallest absolute Gasteiger partial charge is 0.340 e. The van der Waals surface area contributed by atoms with Crippen molar-refractivity contribution < 1.29 is 14.3 Å². The number of para-hydroxylation sites is 1. The molecular formula is C23H18N6O3. The van der Waals surface area contributed by atoms with Crippen molar-refractivity contribution in [2.24, 2.45) is 0 Å². The Morgan fingerprint density at radius 2 is 1.81 bits per heavy atom. The van der Waals surface area contributed by atoms with Gasteiger partial charge in [-0.15, -0.1) is 5.10 Å². The summed E-state index contributed by atoms with van der Waals surface area (Å²) in [5.74, 6) is 0.797. The quantitative estimate of drug-likeness (QED) is 0.427. The summed E-state index contributed by atoms with van der Waals surface area (Å²) in [4.78, 5) is 16.8. The Morgan fingerprint density at radius 1 is 0.969 bits per heavy atom. The predicted molar refractivity (Wildman–Crippen MR) is 118 cm³/mol. The molecule has 9 heteroatoms. The summed E-state index contributed by atoms with van der Waals surface area (Å²) in [7, 11) is 2.98. The molecule has 3 aromatic carbocycles. The van der Waals surface area contributed by atoms with E-state index in [0.29, 0.717) is 28.2 Å². The molecule has 2 aromatic heterocycles. The van der Waals surface area contributed by atoms with Crippen LogP contribution in [0.1, 0.15) is 10.4 Å². The van der Waals surface area contributed by atoms with Gasteiger partial charge < -0.3 is 9.47 Å². The van der Waals surface area contributed by atoms with E-state index in [1.54, 1.807) is 25.6 Å². The summed E-state index contributed by atoms with van der Waals surface area (Å²) in [6.07, 6.45) is 1.68. The highest BCUT2D eigenvalue weighted by Crippen LogP contribution is 2.37. The van der Waals surface area contributed by atoms with Gasteiger partial charge in [-0.3, -0.25) is 4.57 Å². The lowest BCUT2D eigenvalue weighted by Crippen LogP contribution is -2.05. The van der Waals surface area contributed by atoms with Crippen molar-refractivity contribution in [3.8, 4) is 34.0 Å². The molecule has 0 saturated carbocycles. The first-order valence-electron chi connectivity index (χ1n) is 9.77. The normalized spacial score (nSPS) is 10.9. The van der Waals surface area contributed by atoms with Crippen LogP contribution in [0.2, 0.25) is 0 Å². The lowest BCUT2D eigenvalue weighted by Gasteiger charge is -2.14. The van der Waals surface area contributed by atoms with Gasteiger partial charge in [0.2, 0.25) is 0 Å². The Morgan fingerprint density at radius 3 is 2.56 bits per heavy atom. The summed E-state index contributed by atoms with van der Waals surface area (Å²) in [5.41, 5.74) is 5.24. The Hall–Kier alpha value is -4.53. The molecule has 5 rings (SSSR count). The van der Waals surface area contributed by atoms with E-state index in [9.17, 15) is 4.79 Å². The Labute approximate surface area is 182 Å². The summed E-state index contributed by atoms with van der Waals surface area (Å²) in [5, 5.41) is 14.2. The molecule has 0 aliphatic heterocycles. The maximum absolute atomic E-state index is 12.3. The van der Waals surface area contributed by atoms with Crippen molar-refractivity contribution in [2.45, 2.75) is 0 Å². The number of fused-ring (bicyclic) bond motifs is 1. The molecule has 0 bridgehead atoms. The van der Waals surface area contributed by atoms with Gasteiger partial charge in [0.1, 0.15) is 12.1 Å². The lowest BCUT2D eigenvalue weighted by molar-refractivity contribution is 0.0602. The fourth-order valence-electron chi connectivity index (χ4n) is 3.79. The number of hydrogen-bond donors (Lipinski definition) is 1. The zero-order chi connectivity index (χ0) is 22.1. The Kier molecular flexibility index (Phi) is 4.83. The third-order valence-corrected chi connectivity index (χ3v) is 5.25. The molecule has 0 amide bonds. The van der Waals surface area contributed by atoms with E-state index < -0.39 is 5.97 Å². The van der Waals surface area contributed by atoms with Crippen LogP contribution in [0.3, 0.4) is 0 Å². The average Bonchev–Trinajstić information content (AvgIpc) is 3.53. The molecule has 9 nitrogen and oxygen atoms in total.